The van der Waals surface area contributed by atoms with Gasteiger partial charge in [0, 0.05) is 12.1 Å². The van der Waals surface area contributed by atoms with E-state index >= 15 is 0 Å². The Balaban J connectivity index is 1.94. The van der Waals surface area contributed by atoms with Crippen LogP contribution < -0.4 is 15.8 Å². The van der Waals surface area contributed by atoms with E-state index in [0.29, 0.717) is 24.5 Å². The Morgan fingerprint density at radius 3 is 2.76 bits per heavy atom. The number of ether oxygens (including phenoxy) is 1. The third kappa shape index (κ3) is 5.29. The van der Waals surface area contributed by atoms with Crippen LogP contribution in [0.2, 0.25) is 0 Å². The smallest absolute Gasteiger partial charge is 0.188 e. The maximum Gasteiger partial charge on any atom is 0.188 e. The fourth-order valence-corrected chi connectivity index (χ4v) is 2.47. The third-order valence-electron chi connectivity index (χ3n) is 3.68. The molecule has 21 heavy (non-hydrogen) atoms. The zero-order valence-corrected chi connectivity index (χ0v) is 13.1. The molecule has 0 amide bonds. The quantitative estimate of drug-likeness (QED) is 0.625. The summed E-state index contributed by atoms with van der Waals surface area (Å²) in [7, 11) is 0. The fourth-order valence-electron chi connectivity index (χ4n) is 2.47. The van der Waals surface area contributed by atoms with Gasteiger partial charge in [-0.05, 0) is 37.7 Å². The number of nitrogens with two attached hydrogens (primary N) is 1. The van der Waals surface area contributed by atoms with Crippen LogP contribution >= 0.6 is 0 Å². The van der Waals surface area contributed by atoms with E-state index < -0.39 is 0 Å². The van der Waals surface area contributed by atoms with Crippen LogP contribution in [0.4, 0.5) is 0 Å². The number of hydrogen-bond donors (Lipinski definition) is 2. The van der Waals surface area contributed by atoms with Gasteiger partial charge in [0.25, 0.3) is 0 Å². The van der Waals surface area contributed by atoms with Crippen molar-refractivity contribution < 1.29 is 4.74 Å². The summed E-state index contributed by atoms with van der Waals surface area (Å²) in [6.07, 6.45) is 5.24. The molecule has 3 N–H and O–H groups in total. The Hall–Kier alpha value is -1.71. The molecular weight excluding hydrogens is 262 g/mol. The van der Waals surface area contributed by atoms with E-state index in [1.165, 1.54) is 12.8 Å². The first kappa shape index (κ1) is 15.7. The molecule has 0 saturated heterocycles. The van der Waals surface area contributed by atoms with E-state index in [2.05, 4.69) is 30.2 Å². The second-order valence-corrected chi connectivity index (χ2v) is 6.11. The minimum atomic E-state index is 0.367. The monoisotopic (exact) mass is 289 g/mol. The molecule has 0 atom stereocenters. The van der Waals surface area contributed by atoms with Gasteiger partial charge in [0.15, 0.2) is 5.96 Å². The highest BCUT2D eigenvalue weighted by molar-refractivity contribution is 5.77. The van der Waals surface area contributed by atoms with Crippen molar-refractivity contribution in [1.29, 1.82) is 0 Å². The van der Waals surface area contributed by atoms with Crippen molar-refractivity contribution in [3.05, 3.63) is 29.8 Å². The van der Waals surface area contributed by atoms with Crippen molar-refractivity contribution in [2.75, 3.05) is 6.54 Å². The lowest BCUT2D eigenvalue weighted by Crippen LogP contribution is -2.34. The first-order chi connectivity index (χ1) is 10.1. The topological polar surface area (TPSA) is 59.6 Å². The minimum absolute atomic E-state index is 0.367. The lowest BCUT2D eigenvalue weighted by molar-refractivity contribution is 0.208. The Labute approximate surface area is 127 Å². The molecule has 0 aliphatic heterocycles. The normalized spacial score (nSPS) is 16.4. The maximum atomic E-state index is 6.11. The predicted molar refractivity (Wildman–Crippen MR) is 87.5 cm³/mol. The highest BCUT2D eigenvalue weighted by Crippen LogP contribution is 2.26. The third-order valence-corrected chi connectivity index (χ3v) is 3.68. The summed E-state index contributed by atoms with van der Waals surface area (Å²) in [4.78, 5) is 4.40. The Bertz CT molecular complexity index is 465. The van der Waals surface area contributed by atoms with Gasteiger partial charge >= 0.3 is 0 Å². The molecular formula is C17H27N3O. The van der Waals surface area contributed by atoms with E-state index in [4.69, 9.17) is 10.5 Å². The van der Waals surface area contributed by atoms with Crippen LogP contribution in [0.15, 0.2) is 29.3 Å². The van der Waals surface area contributed by atoms with Crippen LogP contribution in [0.25, 0.3) is 0 Å². The standard InChI is InChI=1S/C17H27N3O/c1-13(2)11-19-17(18)20-12-14-7-3-6-10-16(14)21-15-8-4-5-9-15/h3,6-7,10,13,15H,4-5,8-9,11-12H2,1-2H3,(H3,18,19,20). The maximum absolute atomic E-state index is 6.11. The first-order valence-corrected chi connectivity index (χ1v) is 7.93. The molecule has 4 nitrogen and oxygen atoms in total. The number of guanidine groups is 1. The average Bonchev–Trinajstić information content (AvgIpc) is 2.97. The van der Waals surface area contributed by atoms with E-state index in [0.717, 1.165) is 30.7 Å². The Kier molecular flexibility index (Phi) is 5.90. The lowest BCUT2D eigenvalue weighted by Gasteiger charge is -2.16. The van der Waals surface area contributed by atoms with Crippen LogP contribution in [0, 0.1) is 5.92 Å². The molecule has 0 heterocycles. The largest absolute Gasteiger partial charge is 0.490 e. The molecule has 1 aromatic rings. The predicted octanol–water partition coefficient (Wildman–Crippen LogP) is 3.07. The zero-order chi connectivity index (χ0) is 15.1. The summed E-state index contributed by atoms with van der Waals surface area (Å²) < 4.78 is 6.11. The van der Waals surface area contributed by atoms with Crippen LogP contribution in [0.3, 0.4) is 0 Å². The van der Waals surface area contributed by atoms with Crippen molar-refractivity contribution in [1.82, 2.24) is 5.32 Å². The van der Waals surface area contributed by atoms with E-state index in [1.54, 1.807) is 0 Å². The Morgan fingerprint density at radius 1 is 1.33 bits per heavy atom. The van der Waals surface area contributed by atoms with Gasteiger partial charge in [0.1, 0.15) is 5.75 Å². The van der Waals surface area contributed by atoms with E-state index in [1.807, 2.05) is 18.2 Å². The molecule has 0 unspecified atom stereocenters. The summed E-state index contributed by atoms with van der Waals surface area (Å²) in [5.41, 5.74) is 6.98. The SMILES string of the molecule is CC(C)CNC(N)=NCc1ccccc1OC1CCCC1. The van der Waals surface area contributed by atoms with Crippen molar-refractivity contribution in [2.24, 2.45) is 16.6 Å². The van der Waals surface area contributed by atoms with Gasteiger partial charge in [-0.1, -0.05) is 32.0 Å². The summed E-state index contributed by atoms with van der Waals surface area (Å²) in [6, 6.07) is 8.12. The van der Waals surface area contributed by atoms with Gasteiger partial charge in [0.05, 0.1) is 12.6 Å². The van der Waals surface area contributed by atoms with Gasteiger partial charge in [-0.25, -0.2) is 4.99 Å². The Morgan fingerprint density at radius 2 is 2.05 bits per heavy atom. The highest BCUT2D eigenvalue weighted by Gasteiger charge is 2.17. The number of aliphatic imine (C=N–C) groups is 1. The number of rotatable bonds is 6. The van der Waals surface area contributed by atoms with E-state index in [-0.39, 0.29) is 0 Å². The second kappa shape index (κ2) is 7.91. The molecule has 0 bridgehead atoms. The molecule has 0 spiro atoms. The van der Waals surface area contributed by atoms with Gasteiger partial charge < -0.3 is 15.8 Å². The van der Waals surface area contributed by atoms with Crippen molar-refractivity contribution in [3.63, 3.8) is 0 Å². The van der Waals surface area contributed by atoms with Crippen molar-refractivity contribution >= 4 is 5.96 Å². The molecule has 1 aliphatic carbocycles. The van der Waals surface area contributed by atoms with Gasteiger partial charge in [-0.15, -0.1) is 0 Å². The molecule has 1 saturated carbocycles. The van der Waals surface area contributed by atoms with Crippen LogP contribution in [-0.4, -0.2) is 18.6 Å². The van der Waals surface area contributed by atoms with Crippen LogP contribution in [0.1, 0.15) is 45.1 Å². The number of para-hydroxylation sites is 1. The molecule has 1 aromatic carbocycles. The number of nitrogens with one attached hydrogen (secondary N) is 1. The molecule has 0 aromatic heterocycles. The lowest BCUT2D eigenvalue weighted by atomic mass is 10.2. The number of benzene rings is 1. The van der Waals surface area contributed by atoms with Crippen molar-refractivity contribution in [3.8, 4) is 5.75 Å². The molecule has 1 aliphatic rings. The molecule has 116 valence electrons. The average molecular weight is 289 g/mol. The summed E-state index contributed by atoms with van der Waals surface area (Å²) in [6.45, 7) is 5.69. The van der Waals surface area contributed by atoms with E-state index in [9.17, 15) is 0 Å². The second-order valence-electron chi connectivity index (χ2n) is 6.11. The molecule has 4 heteroatoms. The molecule has 0 radical (unpaired) electrons. The molecule has 2 rings (SSSR count). The van der Waals surface area contributed by atoms with Gasteiger partial charge in [0.2, 0.25) is 0 Å². The number of hydrogen-bond acceptors (Lipinski definition) is 2. The zero-order valence-electron chi connectivity index (χ0n) is 13.1. The van der Waals surface area contributed by atoms with Crippen LogP contribution in [0.5, 0.6) is 5.75 Å². The van der Waals surface area contributed by atoms with Gasteiger partial charge in [-0.2, -0.15) is 0 Å². The summed E-state index contributed by atoms with van der Waals surface area (Å²) in [5.74, 6) is 2.00. The number of nitrogens with zero attached hydrogens (tertiary/aromatic N) is 1. The molecule has 1 fully saturated rings. The minimum Gasteiger partial charge on any atom is -0.490 e. The fraction of sp³-hybridized carbons (Fsp3) is 0.588. The van der Waals surface area contributed by atoms with Crippen molar-refractivity contribution in [2.45, 2.75) is 52.2 Å². The summed E-state index contributed by atoms with van der Waals surface area (Å²) >= 11 is 0. The summed E-state index contributed by atoms with van der Waals surface area (Å²) in [5, 5.41) is 3.13. The highest BCUT2D eigenvalue weighted by atomic mass is 16.5. The van der Waals surface area contributed by atoms with Crippen LogP contribution in [-0.2, 0) is 6.54 Å². The van der Waals surface area contributed by atoms with Gasteiger partial charge in [-0.3, -0.25) is 0 Å². The first-order valence-electron chi connectivity index (χ1n) is 7.93.